The normalized spacial score (nSPS) is 19.3. The third-order valence-corrected chi connectivity index (χ3v) is 4.34. The van der Waals surface area contributed by atoms with E-state index in [1.165, 1.54) is 17.9 Å². The number of carbonyl (C=O) groups excluding carboxylic acids is 1. The van der Waals surface area contributed by atoms with E-state index in [0.29, 0.717) is 25.4 Å². The molecule has 0 saturated carbocycles. The Bertz CT molecular complexity index is 284. The predicted molar refractivity (Wildman–Crippen MR) is 70.8 cm³/mol. The van der Waals surface area contributed by atoms with Crippen molar-refractivity contribution in [1.82, 2.24) is 9.80 Å². The summed E-state index contributed by atoms with van der Waals surface area (Å²) < 4.78 is 0. The van der Waals surface area contributed by atoms with E-state index in [-0.39, 0.29) is 5.91 Å². The molecule has 0 spiro atoms. The molecule has 1 unspecified atom stereocenters. The van der Waals surface area contributed by atoms with Crippen molar-refractivity contribution in [2.75, 3.05) is 38.7 Å². The van der Waals surface area contributed by atoms with Crippen molar-refractivity contribution in [1.29, 1.82) is 5.26 Å². The van der Waals surface area contributed by atoms with Gasteiger partial charge < -0.3 is 9.80 Å². The van der Waals surface area contributed by atoms with Gasteiger partial charge >= 0.3 is 0 Å². The molecule has 1 aliphatic heterocycles. The second-order valence-electron chi connectivity index (χ2n) is 4.47. The number of nitrogens with zero attached hydrogens (tertiary/aromatic N) is 3. The third-order valence-electron chi connectivity index (χ3n) is 3.19. The van der Waals surface area contributed by atoms with Crippen LogP contribution in [-0.2, 0) is 4.79 Å². The minimum absolute atomic E-state index is 0.137. The van der Waals surface area contributed by atoms with Crippen LogP contribution in [0.5, 0.6) is 0 Å². The first kappa shape index (κ1) is 14.3. The summed E-state index contributed by atoms with van der Waals surface area (Å²) in [5.41, 5.74) is 0. The number of thioether (sulfide) groups is 1. The van der Waals surface area contributed by atoms with Crippen LogP contribution in [0.3, 0.4) is 0 Å². The number of carbonyl (C=O) groups is 1. The Balaban J connectivity index is 2.20. The topological polar surface area (TPSA) is 47.3 Å². The molecular weight excluding hydrogens is 234 g/mol. The Kier molecular flexibility index (Phi) is 6.38. The van der Waals surface area contributed by atoms with Crippen molar-refractivity contribution in [3.63, 3.8) is 0 Å². The molecule has 1 rings (SSSR count). The van der Waals surface area contributed by atoms with Gasteiger partial charge in [0, 0.05) is 38.4 Å². The zero-order valence-corrected chi connectivity index (χ0v) is 11.5. The molecule has 0 radical (unpaired) electrons. The van der Waals surface area contributed by atoms with E-state index >= 15 is 0 Å². The number of hydrogen-bond acceptors (Lipinski definition) is 4. The molecule has 17 heavy (non-hydrogen) atoms. The van der Waals surface area contributed by atoms with Crippen LogP contribution in [-0.4, -0.2) is 60.4 Å². The molecule has 1 saturated heterocycles. The van der Waals surface area contributed by atoms with Gasteiger partial charge in [-0.3, -0.25) is 4.79 Å². The molecule has 0 aliphatic carbocycles. The summed E-state index contributed by atoms with van der Waals surface area (Å²) in [6.45, 7) is 1.36. The summed E-state index contributed by atoms with van der Waals surface area (Å²) in [6.07, 6.45) is 2.20. The lowest BCUT2D eigenvalue weighted by molar-refractivity contribution is -0.130. The van der Waals surface area contributed by atoms with Crippen LogP contribution < -0.4 is 0 Å². The van der Waals surface area contributed by atoms with Gasteiger partial charge in [-0.25, -0.2) is 0 Å². The zero-order valence-electron chi connectivity index (χ0n) is 10.7. The first-order valence-corrected chi connectivity index (χ1v) is 7.19. The van der Waals surface area contributed by atoms with Gasteiger partial charge in [-0.1, -0.05) is 0 Å². The molecular formula is C12H21N3OS. The molecule has 1 atom stereocenters. The first-order chi connectivity index (χ1) is 8.15. The molecule has 0 aromatic heterocycles. The third kappa shape index (κ3) is 4.97. The van der Waals surface area contributed by atoms with Gasteiger partial charge in [-0.2, -0.15) is 17.0 Å². The predicted octanol–water partition coefficient (Wildman–Crippen LogP) is 1.19. The lowest BCUT2D eigenvalue weighted by Crippen LogP contribution is -2.36. The number of nitriles is 1. The number of hydrogen-bond donors (Lipinski definition) is 0. The maximum Gasteiger partial charge on any atom is 0.223 e. The molecule has 5 heteroatoms. The maximum atomic E-state index is 11.8. The van der Waals surface area contributed by atoms with Crippen LogP contribution in [0.25, 0.3) is 0 Å². The standard InChI is InChI=1S/C12H21N3OS/c1-14(11-5-9-17-10-11)8-4-12(16)15(2)7-3-6-13/h11H,3-5,7-10H2,1-2H3. The van der Waals surface area contributed by atoms with Gasteiger partial charge in [0.2, 0.25) is 5.91 Å². The summed E-state index contributed by atoms with van der Waals surface area (Å²) in [6, 6.07) is 2.69. The Morgan fingerprint density at radius 2 is 2.24 bits per heavy atom. The fourth-order valence-corrected chi connectivity index (χ4v) is 3.16. The second-order valence-corrected chi connectivity index (χ2v) is 5.62. The maximum absolute atomic E-state index is 11.8. The lowest BCUT2D eigenvalue weighted by atomic mass is 10.2. The fraction of sp³-hybridized carbons (Fsp3) is 0.833. The molecule has 0 bridgehead atoms. The molecule has 1 heterocycles. The van der Waals surface area contributed by atoms with Gasteiger partial charge in [-0.05, 0) is 19.2 Å². The van der Waals surface area contributed by atoms with E-state index in [1.54, 1.807) is 11.9 Å². The Hall–Kier alpha value is -0.730. The van der Waals surface area contributed by atoms with E-state index < -0.39 is 0 Å². The highest BCUT2D eigenvalue weighted by molar-refractivity contribution is 7.99. The van der Waals surface area contributed by atoms with Gasteiger partial charge in [0.05, 0.1) is 12.5 Å². The van der Waals surface area contributed by atoms with Crippen LogP contribution in [0.4, 0.5) is 0 Å². The van der Waals surface area contributed by atoms with Crippen LogP contribution in [0.1, 0.15) is 19.3 Å². The second kappa shape index (κ2) is 7.57. The van der Waals surface area contributed by atoms with Gasteiger partial charge in [0.15, 0.2) is 0 Å². The molecule has 1 amide bonds. The van der Waals surface area contributed by atoms with Gasteiger partial charge in [-0.15, -0.1) is 0 Å². The van der Waals surface area contributed by atoms with Crippen LogP contribution in [0, 0.1) is 11.3 Å². The van der Waals surface area contributed by atoms with Crippen LogP contribution in [0.2, 0.25) is 0 Å². The lowest BCUT2D eigenvalue weighted by Gasteiger charge is -2.24. The zero-order chi connectivity index (χ0) is 12.7. The fourth-order valence-electron chi connectivity index (χ4n) is 1.86. The van der Waals surface area contributed by atoms with E-state index in [0.717, 1.165) is 6.54 Å². The van der Waals surface area contributed by atoms with Gasteiger partial charge in [0.25, 0.3) is 0 Å². The monoisotopic (exact) mass is 255 g/mol. The Morgan fingerprint density at radius 3 is 2.82 bits per heavy atom. The summed E-state index contributed by atoms with van der Waals surface area (Å²) >= 11 is 1.99. The van der Waals surface area contributed by atoms with Crippen molar-refractivity contribution in [2.45, 2.75) is 25.3 Å². The summed E-state index contributed by atoms with van der Waals surface area (Å²) in [7, 11) is 3.87. The highest BCUT2D eigenvalue weighted by Crippen LogP contribution is 2.21. The summed E-state index contributed by atoms with van der Waals surface area (Å²) in [5, 5.41) is 8.46. The molecule has 4 nitrogen and oxygen atoms in total. The van der Waals surface area contributed by atoms with Crippen molar-refractivity contribution in [3.05, 3.63) is 0 Å². The number of amides is 1. The van der Waals surface area contributed by atoms with Crippen molar-refractivity contribution >= 4 is 17.7 Å². The number of rotatable bonds is 6. The molecule has 1 fully saturated rings. The summed E-state index contributed by atoms with van der Waals surface area (Å²) in [4.78, 5) is 15.7. The van der Waals surface area contributed by atoms with Gasteiger partial charge in [0.1, 0.15) is 0 Å². The van der Waals surface area contributed by atoms with E-state index in [1.807, 2.05) is 11.8 Å². The Labute approximate surface area is 108 Å². The van der Waals surface area contributed by atoms with Crippen LogP contribution >= 0.6 is 11.8 Å². The van der Waals surface area contributed by atoms with E-state index in [4.69, 9.17) is 5.26 Å². The van der Waals surface area contributed by atoms with E-state index in [9.17, 15) is 4.79 Å². The minimum atomic E-state index is 0.137. The molecule has 1 aliphatic rings. The molecule has 0 N–H and O–H groups in total. The smallest absolute Gasteiger partial charge is 0.223 e. The molecule has 0 aromatic rings. The average molecular weight is 255 g/mol. The highest BCUT2D eigenvalue weighted by atomic mass is 32.2. The first-order valence-electron chi connectivity index (χ1n) is 6.04. The minimum Gasteiger partial charge on any atom is -0.345 e. The Morgan fingerprint density at radius 1 is 1.47 bits per heavy atom. The summed E-state index contributed by atoms with van der Waals surface area (Å²) in [5.74, 6) is 2.57. The molecule has 0 aromatic carbocycles. The largest absolute Gasteiger partial charge is 0.345 e. The van der Waals surface area contributed by atoms with Crippen LogP contribution in [0.15, 0.2) is 0 Å². The van der Waals surface area contributed by atoms with Crippen molar-refractivity contribution in [3.8, 4) is 6.07 Å². The van der Waals surface area contributed by atoms with E-state index in [2.05, 4.69) is 18.0 Å². The highest BCUT2D eigenvalue weighted by Gasteiger charge is 2.20. The SMILES string of the molecule is CN(CCC#N)C(=O)CCN(C)C1CCSC1. The van der Waals surface area contributed by atoms with Crippen molar-refractivity contribution < 1.29 is 4.79 Å². The quantitative estimate of drug-likeness (QED) is 0.715. The van der Waals surface area contributed by atoms with Crippen molar-refractivity contribution in [2.24, 2.45) is 0 Å². The average Bonchev–Trinajstić information content (AvgIpc) is 2.86. The molecule has 96 valence electrons.